The molecule has 1 unspecified atom stereocenters. The highest BCUT2D eigenvalue weighted by Gasteiger charge is 2.24. The van der Waals surface area contributed by atoms with Gasteiger partial charge in [-0.25, -0.2) is 0 Å². The molecule has 172 valence electrons. The molecule has 0 aromatic heterocycles. The van der Waals surface area contributed by atoms with Crippen molar-refractivity contribution in [3.63, 3.8) is 0 Å². The Morgan fingerprint density at radius 1 is 1.23 bits per heavy atom. The van der Waals surface area contributed by atoms with Crippen molar-refractivity contribution >= 4 is 11.9 Å². The third-order valence-corrected chi connectivity index (χ3v) is 6.09. The Balaban J connectivity index is 1.39. The number of amides is 1. The normalized spacial score (nSPS) is 20.5. The van der Waals surface area contributed by atoms with Crippen LogP contribution in [0.15, 0.2) is 35.3 Å². The van der Waals surface area contributed by atoms with Crippen molar-refractivity contribution in [1.29, 1.82) is 0 Å². The molecule has 7 nitrogen and oxygen atoms in total. The second-order valence-electron chi connectivity index (χ2n) is 8.30. The van der Waals surface area contributed by atoms with Crippen LogP contribution in [0.5, 0.6) is 0 Å². The maximum atomic E-state index is 12.7. The van der Waals surface area contributed by atoms with Crippen LogP contribution in [0.3, 0.4) is 0 Å². The zero-order chi connectivity index (χ0) is 21.9. The lowest BCUT2D eigenvalue weighted by molar-refractivity contribution is -0.130. The van der Waals surface area contributed by atoms with Crippen LogP contribution in [0.4, 0.5) is 0 Å². The number of hydrogen-bond donors (Lipinski definition) is 1. The molecule has 0 spiro atoms. The topological polar surface area (TPSA) is 66.4 Å². The summed E-state index contributed by atoms with van der Waals surface area (Å²) in [6.07, 6.45) is 6.02. The lowest BCUT2D eigenvalue weighted by Crippen LogP contribution is -2.49. The lowest BCUT2D eigenvalue weighted by atomic mass is 10.1. The number of aliphatic imine (C=N–C) groups is 1. The SMILES string of the molecule is CCN(Cc1ccccc1)C(=O)CNC(=NC)N1CCC(OCC2CCCCO2)CC1. The molecule has 0 radical (unpaired) electrons. The number of nitrogens with one attached hydrogen (secondary N) is 1. The fourth-order valence-electron chi connectivity index (χ4n) is 4.20. The monoisotopic (exact) mass is 430 g/mol. The highest BCUT2D eigenvalue weighted by atomic mass is 16.5. The quantitative estimate of drug-likeness (QED) is 0.507. The first-order chi connectivity index (χ1) is 15.2. The Bertz CT molecular complexity index is 683. The average Bonchev–Trinajstić information content (AvgIpc) is 2.83. The van der Waals surface area contributed by atoms with Gasteiger partial charge < -0.3 is 24.6 Å². The third kappa shape index (κ3) is 7.51. The molecule has 3 rings (SSSR count). The van der Waals surface area contributed by atoms with Crippen LogP contribution in [-0.2, 0) is 20.8 Å². The molecule has 2 saturated heterocycles. The van der Waals surface area contributed by atoms with Crippen LogP contribution in [-0.4, -0.2) is 80.3 Å². The lowest BCUT2D eigenvalue weighted by Gasteiger charge is -2.35. The van der Waals surface area contributed by atoms with Crippen LogP contribution in [0.25, 0.3) is 0 Å². The molecule has 1 aromatic rings. The smallest absolute Gasteiger partial charge is 0.242 e. The summed E-state index contributed by atoms with van der Waals surface area (Å²) in [5.74, 6) is 0.872. The first-order valence-electron chi connectivity index (χ1n) is 11.7. The van der Waals surface area contributed by atoms with Gasteiger partial charge in [-0.3, -0.25) is 9.79 Å². The van der Waals surface area contributed by atoms with Gasteiger partial charge in [-0.1, -0.05) is 30.3 Å². The summed E-state index contributed by atoms with van der Waals surface area (Å²) in [4.78, 5) is 21.2. The number of nitrogens with zero attached hydrogens (tertiary/aromatic N) is 3. The van der Waals surface area contributed by atoms with Crippen molar-refractivity contribution in [3.05, 3.63) is 35.9 Å². The predicted octanol–water partition coefficient (Wildman–Crippen LogP) is 2.66. The first kappa shape index (κ1) is 23.5. The molecule has 1 aromatic carbocycles. The first-order valence-corrected chi connectivity index (χ1v) is 11.7. The van der Waals surface area contributed by atoms with Crippen LogP contribution in [0, 0.1) is 0 Å². The van der Waals surface area contributed by atoms with Crippen molar-refractivity contribution in [2.24, 2.45) is 4.99 Å². The summed E-state index contributed by atoms with van der Waals surface area (Å²) in [5, 5.41) is 3.26. The van der Waals surface area contributed by atoms with Crippen molar-refractivity contribution < 1.29 is 14.3 Å². The number of guanidine groups is 1. The molecular weight excluding hydrogens is 392 g/mol. The van der Waals surface area contributed by atoms with Gasteiger partial charge in [-0.15, -0.1) is 0 Å². The Morgan fingerprint density at radius 3 is 2.65 bits per heavy atom. The van der Waals surface area contributed by atoms with Gasteiger partial charge in [0.05, 0.1) is 25.4 Å². The van der Waals surface area contributed by atoms with Crippen LogP contribution < -0.4 is 5.32 Å². The number of benzene rings is 1. The van der Waals surface area contributed by atoms with E-state index in [1.54, 1.807) is 7.05 Å². The second kappa shape index (κ2) is 12.7. The molecule has 31 heavy (non-hydrogen) atoms. The van der Waals surface area contributed by atoms with Gasteiger partial charge in [0.25, 0.3) is 0 Å². The number of rotatable bonds is 8. The van der Waals surface area contributed by atoms with E-state index in [4.69, 9.17) is 9.47 Å². The Morgan fingerprint density at radius 2 is 2.00 bits per heavy atom. The summed E-state index contributed by atoms with van der Waals surface area (Å²) in [6.45, 7) is 6.92. The van der Waals surface area contributed by atoms with Gasteiger partial charge in [0.1, 0.15) is 0 Å². The fraction of sp³-hybridized carbons (Fsp3) is 0.667. The summed E-state index contributed by atoms with van der Waals surface area (Å²) in [6, 6.07) is 10.1. The number of likely N-dealkylation sites (tertiary alicyclic amines) is 1. The number of hydrogen-bond acceptors (Lipinski definition) is 4. The number of carbonyl (C=O) groups excluding carboxylic acids is 1. The van der Waals surface area contributed by atoms with E-state index in [1.807, 2.05) is 30.0 Å². The van der Waals surface area contributed by atoms with Gasteiger partial charge in [0.15, 0.2) is 5.96 Å². The molecular formula is C24H38N4O3. The molecule has 2 aliphatic heterocycles. The molecule has 2 heterocycles. The molecule has 7 heteroatoms. The van der Waals surface area contributed by atoms with Crippen molar-refractivity contribution in [2.75, 3.05) is 46.4 Å². The van der Waals surface area contributed by atoms with E-state index in [0.717, 1.165) is 50.5 Å². The Hall–Kier alpha value is -2.12. The highest BCUT2D eigenvalue weighted by Crippen LogP contribution is 2.18. The molecule has 2 fully saturated rings. The van der Waals surface area contributed by atoms with Gasteiger partial charge in [0.2, 0.25) is 5.91 Å². The molecule has 1 N–H and O–H groups in total. The van der Waals surface area contributed by atoms with Crippen molar-refractivity contribution in [3.8, 4) is 0 Å². The summed E-state index contributed by atoms with van der Waals surface area (Å²) < 4.78 is 11.9. The van der Waals surface area contributed by atoms with Gasteiger partial charge in [0, 0.05) is 39.8 Å². The zero-order valence-corrected chi connectivity index (χ0v) is 19.1. The predicted molar refractivity (Wildman–Crippen MR) is 123 cm³/mol. The highest BCUT2D eigenvalue weighted by molar-refractivity contribution is 5.86. The van der Waals surface area contributed by atoms with Crippen LogP contribution in [0.2, 0.25) is 0 Å². The van der Waals surface area contributed by atoms with Crippen LogP contribution >= 0.6 is 0 Å². The van der Waals surface area contributed by atoms with E-state index in [-0.39, 0.29) is 24.7 Å². The van der Waals surface area contributed by atoms with E-state index in [2.05, 4.69) is 27.3 Å². The van der Waals surface area contributed by atoms with Crippen molar-refractivity contribution in [1.82, 2.24) is 15.1 Å². The zero-order valence-electron chi connectivity index (χ0n) is 19.1. The minimum atomic E-state index is 0.0817. The number of piperidine rings is 1. The van der Waals surface area contributed by atoms with E-state index < -0.39 is 0 Å². The largest absolute Gasteiger partial charge is 0.376 e. The Labute approximate surface area is 186 Å². The van der Waals surface area contributed by atoms with E-state index in [1.165, 1.54) is 12.8 Å². The summed E-state index contributed by atoms with van der Waals surface area (Å²) in [5.41, 5.74) is 1.14. The maximum Gasteiger partial charge on any atom is 0.242 e. The second-order valence-corrected chi connectivity index (χ2v) is 8.30. The average molecular weight is 431 g/mol. The molecule has 0 aliphatic carbocycles. The van der Waals surface area contributed by atoms with Gasteiger partial charge in [-0.2, -0.15) is 0 Å². The Kier molecular flexibility index (Phi) is 9.62. The molecule has 1 atom stereocenters. The van der Waals surface area contributed by atoms with E-state index in [9.17, 15) is 4.79 Å². The van der Waals surface area contributed by atoms with Crippen LogP contribution in [0.1, 0.15) is 44.6 Å². The number of ether oxygens (including phenoxy) is 2. The third-order valence-electron chi connectivity index (χ3n) is 6.09. The standard InChI is InChI=1S/C24H38N4O3/c1-3-27(18-20-9-5-4-6-10-20)23(29)17-26-24(25-2)28-14-12-21(13-15-28)31-19-22-11-7-8-16-30-22/h4-6,9-10,21-22H,3,7-8,11-19H2,1-2H3,(H,25,26). The fourth-order valence-corrected chi connectivity index (χ4v) is 4.20. The van der Waals surface area contributed by atoms with Gasteiger partial charge >= 0.3 is 0 Å². The number of carbonyl (C=O) groups is 1. The van der Waals surface area contributed by atoms with Crippen molar-refractivity contribution in [2.45, 2.75) is 57.8 Å². The van der Waals surface area contributed by atoms with E-state index >= 15 is 0 Å². The number of likely N-dealkylation sites (N-methyl/N-ethyl adjacent to an activating group) is 1. The van der Waals surface area contributed by atoms with Gasteiger partial charge in [-0.05, 0) is 44.6 Å². The minimum absolute atomic E-state index is 0.0817. The summed E-state index contributed by atoms with van der Waals surface area (Å²) in [7, 11) is 1.78. The summed E-state index contributed by atoms with van der Waals surface area (Å²) >= 11 is 0. The molecule has 2 aliphatic rings. The molecule has 0 saturated carbocycles. The van der Waals surface area contributed by atoms with E-state index in [0.29, 0.717) is 19.7 Å². The minimum Gasteiger partial charge on any atom is -0.376 e. The maximum absolute atomic E-state index is 12.7. The molecule has 1 amide bonds. The molecule has 0 bridgehead atoms.